The Hall–Kier alpha value is -4.33. The summed E-state index contributed by atoms with van der Waals surface area (Å²) in [6.07, 6.45) is 0. The molecule has 0 unspecified atom stereocenters. The molecule has 168 valence electrons. The van der Waals surface area contributed by atoms with Crippen LogP contribution in [0.15, 0.2) is 65.1 Å². The molecule has 8 nitrogen and oxygen atoms in total. The fourth-order valence-corrected chi connectivity index (χ4v) is 3.35. The number of aromatic nitrogens is 2. The van der Waals surface area contributed by atoms with Gasteiger partial charge in [0, 0.05) is 22.4 Å². The van der Waals surface area contributed by atoms with Crippen molar-refractivity contribution < 1.29 is 23.4 Å². The Morgan fingerprint density at radius 1 is 0.818 bits per heavy atom. The normalized spacial score (nSPS) is 10.5. The van der Waals surface area contributed by atoms with Crippen molar-refractivity contribution in [3.05, 3.63) is 71.8 Å². The summed E-state index contributed by atoms with van der Waals surface area (Å²) in [6, 6.07) is 18.2. The molecule has 8 heteroatoms. The first kappa shape index (κ1) is 21.9. The van der Waals surface area contributed by atoms with Crippen LogP contribution in [0.25, 0.3) is 22.9 Å². The summed E-state index contributed by atoms with van der Waals surface area (Å²) in [5.41, 5.74) is 3.69. The standard InChI is InChI=1S/C25H23N3O5/c1-15-6-5-7-17(12-15)25-28-27-24(33-25)16-8-10-19(11-9-16)26-23(29)18-13-20(30-2)22(32-4)21(14-18)31-3/h5-14H,1-4H3,(H,26,29). The van der Waals surface area contributed by atoms with E-state index in [0.29, 0.717) is 40.3 Å². The Balaban J connectivity index is 1.51. The lowest BCUT2D eigenvalue weighted by Crippen LogP contribution is -2.12. The summed E-state index contributed by atoms with van der Waals surface area (Å²) >= 11 is 0. The van der Waals surface area contributed by atoms with Crippen LogP contribution in [0.3, 0.4) is 0 Å². The van der Waals surface area contributed by atoms with Crippen LogP contribution in [0.1, 0.15) is 15.9 Å². The van der Waals surface area contributed by atoms with Crippen LogP contribution < -0.4 is 19.5 Å². The predicted octanol–water partition coefficient (Wildman–Crippen LogP) is 4.99. The van der Waals surface area contributed by atoms with Gasteiger partial charge in [0.05, 0.1) is 21.3 Å². The van der Waals surface area contributed by atoms with Gasteiger partial charge >= 0.3 is 0 Å². The summed E-state index contributed by atoms with van der Waals surface area (Å²) < 4.78 is 21.8. The number of rotatable bonds is 7. The molecule has 33 heavy (non-hydrogen) atoms. The van der Waals surface area contributed by atoms with E-state index in [1.807, 2.05) is 31.2 Å². The van der Waals surface area contributed by atoms with Crippen molar-refractivity contribution in [1.29, 1.82) is 0 Å². The van der Waals surface area contributed by atoms with E-state index in [4.69, 9.17) is 18.6 Å². The van der Waals surface area contributed by atoms with Gasteiger partial charge in [-0.2, -0.15) is 0 Å². The van der Waals surface area contributed by atoms with Crippen molar-refractivity contribution >= 4 is 11.6 Å². The molecule has 0 fully saturated rings. The molecule has 1 aromatic heterocycles. The maximum Gasteiger partial charge on any atom is 0.255 e. The number of carbonyl (C=O) groups excluding carboxylic acids is 1. The number of ether oxygens (including phenoxy) is 3. The van der Waals surface area contributed by atoms with Gasteiger partial charge in [-0.25, -0.2) is 0 Å². The Kier molecular flexibility index (Phi) is 6.26. The Labute approximate surface area is 191 Å². The lowest BCUT2D eigenvalue weighted by molar-refractivity contribution is 0.102. The van der Waals surface area contributed by atoms with Crippen LogP contribution in [0.2, 0.25) is 0 Å². The number of methoxy groups -OCH3 is 3. The van der Waals surface area contributed by atoms with Gasteiger partial charge in [0.2, 0.25) is 17.5 Å². The van der Waals surface area contributed by atoms with E-state index in [1.165, 1.54) is 21.3 Å². The minimum Gasteiger partial charge on any atom is -0.493 e. The van der Waals surface area contributed by atoms with Crippen LogP contribution in [0.5, 0.6) is 17.2 Å². The highest BCUT2D eigenvalue weighted by Crippen LogP contribution is 2.38. The van der Waals surface area contributed by atoms with Crippen molar-refractivity contribution in [2.75, 3.05) is 26.6 Å². The first-order valence-corrected chi connectivity index (χ1v) is 10.1. The fourth-order valence-electron chi connectivity index (χ4n) is 3.35. The van der Waals surface area contributed by atoms with Gasteiger partial charge in [0.25, 0.3) is 5.91 Å². The molecule has 0 aliphatic carbocycles. The quantitative estimate of drug-likeness (QED) is 0.428. The van der Waals surface area contributed by atoms with E-state index in [9.17, 15) is 4.79 Å². The molecule has 0 saturated heterocycles. The maximum absolute atomic E-state index is 12.8. The molecule has 0 saturated carbocycles. The topological polar surface area (TPSA) is 95.7 Å². The first-order chi connectivity index (χ1) is 16.0. The molecule has 0 radical (unpaired) electrons. The third-order valence-corrected chi connectivity index (χ3v) is 5.01. The number of carbonyl (C=O) groups is 1. The number of hydrogen-bond acceptors (Lipinski definition) is 7. The highest BCUT2D eigenvalue weighted by molar-refractivity contribution is 6.05. The van der Waals surface area contributed by atoms with Gasteiger partial charge in [0.1, 0.15) is 0 Å². The fraction of sp³-hybridized carbons (Fsp3) is 0.160. The monoisotopic (exact) mass is 445 g/mol. The number of nitrogens with one attached hydrogen (secondary N) is 1. The third kappa shape index (κ3) is 4.64. The van der Waals surface area contributed by atoms with Crippen molar-refractivity contribution in [1.82, 2.24) is 10.2 Å². The van der Waals surface area contributed by atoms with E-state index < -0.39 is 0 Å². The number of nitrogens with zero attached hydrogens (tertiary/aromatic N) is 2. The first-order valence-electron chi connectivity index (χ1n) is 10.1. The van der Waals surface area contributed by atoms with Gasteiger partial charge in [-0.3, -0.25) is 4.79 Å². The predicted molar refractivity (Wildman–Crippen MR) is 124 cm³/mol. The number of amides is 1. The zero-order valence-electron chi connectivity index (χ0n) is 18.7. The molecule has 1 heterocycles. The SMILES string of the molecule is COc1cc(C(=O)Nc2ccc(-c3nnc(-c4cccc(C)c4)o3)cc2)cc(OC)c1OC. The number of hydrogen-bond donors (Lipinski definition) is 1. The van der Waals surface area contributed by atoms with E-state index in [0.717, 1.165) is 16.7 Å². The molecular weight excluding hydrogens is 422 g/mol. The second kappa shape index (κ2) is 9.44. The Morgan fingerprint density at radius 2 is 1.45 bits per heavy atom. The minimum atomic E-state index is -0.318. The van der Waals surface area contributed by atoms with Gasteiger partial charge in [-0.05, 0) is 55.5 Å². The molecule has 0 aliphatic heterocycles. The van der Waals surface area contributed by atoms with Gasteiger partial charge < -0.3 is 23.9 Å². The molecule has 0 spiro atoms. The molecule has 3 aromatic carbocycles. The second-order valence-electron chi connectivity index (χ2n) is 7.23. The van der Waals surface area contributed by atoms with Crippen LogP contribution >= 0.6 is 0 Å². The zero-order valence-corrected chi connectivity index (χ0v) is 18.7. The van der Waals surface area contributed by atoms with E-state index in [2.05, 4.69) is 15.5 Å². The summed E-state index contributed by atoms with van der Waals surface area (Å²) in [4.78, 5) is 12.8. The van der Waals surface area contributed by atoms with Crippen LogP contribution in [-0.4, -0.2) is 37.4 Å². The maximum atomic E-state index is 12.8. The lowest BCUT2D eigenvalue weighted by Gasteiger charge is -2.14. The highest BCUT2D eigenvalue weighted by atomic mass is 16.5. The smallest absolute Gasteiger partial charge is 0.255 e. The lowest BCUT2D eigenvalue weighted by atomic mass is 10.1. The van der Waals surface area contributed by atoms with E-state index in [-0.39, 0.29) is 5.91 Å². The van der Waals surface area contributed by atoms with Crippen molar-refractivity contribution in [2.45, 2.75) is 6.92 Å². The molecule has 1 amide bonds. The number of anilines is 1. The molecule has 0 atom stereocenters. The van der Waals surface area contributed by atoms with Crippen LogP contribution in [0, 0.1) is 6.92 Å². The molecular formula is C25H23N3O5. The summed E-state index contributed by atoms with van der Waals surface area (Å²) in [6.45, 7) is 2.01. The average Bonchev–Trinajstić information content (AvgIpc) is 3.34. The molecule has 4 aromatic rings. The van der Waals surface area contributed by atoms with E-state index in [1.54, 1.807) is 36.4 Å². The summed E-state index contributed by atoms with van der Waals surface area (Å²) in [7, 11) is 4.51. The third-order valence-electron chi connectivity index (χ3n) is 5.01. The van der Waals surface area contributed by atoms with Gasteiger partial charge in [0.15, 0.2) is 11.5 Å². The van der Waals surface area contributed by atoms with E-state index >= 15 is 0 Å². The highest BCUT2D eigenvalue weighted by Gasteiger charge is 2.17. The largest absolute Gasteiger partial charge is 0.493 e. The van der Waals surface area contributed by atoms with Crippen molar-refractivity contribution in [2.24, 2.45) is 0 Å². The van der Waals surface area contributed by atoms with Gasteiger partial charge in [-0.1, -0.05) is 17.7 Å². The summed E-state index contributed by atoms with van der Waals surface area (Å²) in [5, 5.41) is 11.1. The molecule has 0 aliphatic rings. The summed E-state index contributed by atoms with van der Waals surface area (Å²) in [5.74, 6) is 1.76. The number of benzene rings is 3. The van der Waals surface area contributed by atoms with Crippen LogP contribution in [0.4, 0.5) is 5.69 Å². The van der Waals surface area contributed by atoms with Crippen molar-refractivity contribution in [3.8, 4) is 40.2 Å². The van der Waals surface area contributed by atoms with Crippen molar-refractivity contribution in [3.63, 3.8) is 0 Å². The Bertz CT molecular complexity index is 1260. The minimum absolute atomic E-state index is 0.318. The zero-order chi connectivity index (χ0) is 23.4. The molecule has 0 bridgehead atoms. The molecule has 4 rings (SSSR count). The van der Waals surface area contributed by atoms with Crippen LogP contribution in [-0.2, 0) is 0 Å². The second-order valence-corrected chi connectivity index (χ2v) is 7.23. The molecule has 1 N–H and O–H groups in total. The average molecular weight is 445 g/mol. The Morgan fingerprint density at radius 3 is 2.03 bits per heavy atom. The van der Waals surface area contributed by atoms with Gasteiger partial charge in [-0.15, -0.1) is 10.2 Å². The number of aryl methyl sites for hydroxylation is 1.